The molecule has 3 nitrogen and oxygen atoms in total. The molecule has 0 rings (SSSR count). The second kappa shape index (κ2) is 8.89. The van der Waals surface area contributed by atoms with Crippen LogP contribution in [0, 0.1) is 0 Å². The van der Waals surface area contributed by atoms with Crippen LogP contribution in [-0.4, -0.2) is 13.2 Å². The second-order valence-corrected chi connectivity index (χ2v) is 0.523. The Bertz CT molecular complexity index is 53.7. The average Bonchev–Trinajstić information content (AvgIpc) is 1.73. The van der Waals surface area contributed by atoms with Crippen LogP contribution in [0.4, 0.5) is 4.79 Å². The standard InChI is InChI=1S/C2H5NO2.C2H4/c1-5-2(3)4;1-2/h1H3,(H2,3,4);1-2H2. The molecule has 3 heteroatoms. The van der Waals surface area contributed by atoms with Crippen LogP contribution < -0.4 is 5.73 Å². The Kier molecular flexibility index (Phi) is 11.9. The number of carbonyl (C=O) groups excluding carboxylic acids is 1. The van der Waals surface area contributed by atoms with E-state index < -0.39 is 6.09 Å². The van der Waals surface area contributed by atoms with Gasteiger partial charge >= 0.3 is 6.09 Å². The first-order chi connectivity index (χ1) is 3.27. The number of ether oxygens (including phenoxy) is 1. The first-order valence-electron chi connectivity index (χ1n) is 1.61. The van der Waals surface area contributed by atoms with Crippen LogP contribution in [0.5, 0.6) is 0 Å². The molecule has 0 bridgehead atoms. The second-order valence-electron chi connectivity index (χ2n) is 0.523. The van der Waals surface area contributed by atoms with Crippen LogP contribution >= 0.6 is 0 Å². The van der Waals surface area contributed by atoms with Gasteiger partial charge in [-0.2, -0.15) is 0 Å². The summed E-state index contributed by atoms with van der Waals surface area (Å²) in [4.78, 5) is 9.37. The number of amides is 1. The van der Waals surface area contributed by atoms with Crippen molar-refractivity contribution in [2.24, 2.45) is 5.73 Å². The minimum Gasteiger partial charge on any atom is -0.453 e. The van der Waals surface area contributed by atoms with Crippen molar-refractivity contribution in [3.8, 4) is 0 Å². The van der Waals surface area contributed by atoms with Gasteiger partial charge in [0.2, 0.25) is 0 Å². The molecule has 0 aliphatic rings. The van der Waals surface area contributed by atoms with Crippen LogP contribution in [0.2, 0.25) is 0 Å². The number of primary amides is 1. The molecule has 42 valence electrons. The van der Waals surface area contributed by atoms with Gasteiger partial charge in [-0.3, -0.25) is 0 Å². The normalized spacial score (nSPS) is 5.29. The molecule has 0 aromatic carbocycles. The molecule has 0 aromatic heterocycles. The van der Waals surface area contributed by atoms with Crippen LogP contribution in [0.15, 0.2) is 13.2 Å². The van der Waals surface area contributed by atoms with Crippen molar-refractivity contribution in [2.75, 3.05) is 7.11 Å². The van der Waals surface area contributed by atoms with E-state index in [9.17, 15) is 4.79 Å². The molecule has 2 N–H and O–H groups in total. The highest BCUT2D eigenvalue weighted by Crippen LogP contribution is 1.55. The largest absolute Gasteiger partial charge is 0.453 e. The first kappa shape index (κ1) is 9.38. The van der Waals surface area contributed by atoms with Crippen molar-refractivity contribution in [2.45, 2.75) is 0 Å². The molecule has 0 radical (unpaired) electrons. The molecule has 0 saturated heterocycles. The van der Waals surface area contributed by atoms with Gasteiger partial charge in [0.25, 0.3) is 0 Å². The summed E-state index contributed by atoms with van der Waals surface area (Å²) in [6.45, 7) is 6.00. The summed E-state index contributed by atoms with van der Waals surface area (Å²) in [5.41, 5.74) is 4.43. The Morgan fingerprint density at radius 2 is 1.86 bits per heavy atom. The van der Waals surface area contributed by atoms with Gasteiger partial charge in [0.05, 0.1) is 7.11 Å². The number of nitrogens with two attached hydrogens (primary N) is 1. The zero-order chi connectivity index (χ0) is 6.28. The third kappa shape index (κ3) is 44.5. The fourth-order valence-corrected chi connectivity index (χ4v) is 0. The van der Waals surface area contributed by atoms with Crippen LogP contribution in [0.25, 0.3) is 0 Å². The quantitative estimate of drug-likeness (QED) is 0.454. The van der Waals surface area contributed by atoms with Crippen LogP contribution in [0.1, 0.15) is 0 Å². The predicted molar refractivity (Wildman–Crippen MR) is 27.8 cm³/mol. The Balaban J connectivity index is 0. The van der Waals surface area contributed by atoms with E-state index in [4.69, 9.17) is 0 Å². The molecule has 0 unspecified atom stereocenters. The number of carbonyl (C=O) groups is 1. The first-order valence-corrected chi connectivity index (χ1v) is 1.61. The summed E-state index contributed by atoms with van der Waals surface area (Å²) in [6, 6.07) is 0. The molecule has 0 saturated carbocycles. The van der Waals surface area contributed by atoms with Crippen molar-refractivity contribution < 1.29 is 9.53 Å². The Morgan fingerprint density at radius 1 is 1.71 bits per heavy atom. The third-order valence-corrected chi connectivity index (χ3v) is 0.201. The lowest BCUT2D eigenvalue weighted by Gasteiger charge is -1.81. The summed E-state index contributed by atoms with van der Waals surface area (Å²) >= 11 is 0. The van der Waals surface area contributed by atoms with Crippen molar-refractivity contribution in [3.05, 3.63) is 13.2 Å². The number of hydrogen-bond acceptors (Lipinski definition) is 2. The molecule has 0 aliphatic heterocycles. The molecule has 1 amide bonds. The van der Waals surface area contributed by atoms with Crippen molar-refractivity contribution in [3.63, 3.8) is 0 Å². The summed E-state index contributed by atoms with van der Waals surface area (Å²) in [6.07, 6.45) is -0.745. The minimum absolute atomic E-state index is 0.745. The number of methoxy groups -OCH3 is 1. The Labute approximate surface area is 42.8 Å². The van der Waals surface area contributed by atoms with E-state index in [-0.39, 0.29) is 0 Å². The molecule has 0 aliphatic carbocycles. The highest BCUT2D eigenvalue weighted by atomic mass is 16.5. The van der Waals surface area contributed by atoms with Gasteiger partial charge in [-0.05, 0) is 0 Å². The highest BCUT2D eigenvalue weighted by Gasteiger charge is 1.76. The van der Waals surface area contributed by atoms with E-state index in [0.29, 0.717) is 0 Å². The fourth-order valence-electron chi connectivity index (χ4n) is 0. The molecule has 0 atom stereocenters. The summed E-state index contributed by atoms with van der Waals surface area (Å²) in [5.74, 6) is 0. The summed E-state index contributed by atoms with van der Waals surface area (Å²) in [7, 11) is 1.22. The Morgan fingerprint density at radius 3 is 1.86 bits per heavy atom. The maximum atomic E-state index is 9.37. The molecule has 0 spiro atoms. The predicted octanol–water partition coefficient (Wildman–Crippen LogP) is 0.514. The van der Waals surface area contributed by atoms with Gasteiger partial charge in [0.1, 0.15) is 0 Å². The lowest BCUT2D eigenvalue weighted by molar-refractivity contribution is 0.182. The average molecular weight is 103 g/mol. The van der Waals surface area contributed by atoms with E-state index in [2.05, 4.69) is 23.6 Å². The van der Waals surface area contributed by atoms with Gasteiger partial charge < -0.3 is 10.5 Å². The monoisotopic (exact) mass is 103 g/mol. The van der Waals surface area contributed by atoms with Crippen LogP contribution in [-0.2, 0) is 4.74 Å². The van der Waals surface area contributed by atoms with Crippen molar-refractivity contribution in [1.82, 2.24) is 0 Å². The van der Waals surface area contributed by atoms with Crippen LogP contribution in [0.3, 0.4) is 0 Å². The van der Waals surface area contributed by atoms with Gasteiger partial charge in [-0.15, -0.1) is 13.2 Å². The molecule has 0 heterocycles. The zero-order valence-electron chi connectivity index (χ0n) is 4.31. The van der Waals surface area contributed by atoms with Gasteiger partial charge in [-0.25, -0.2) is 4.79 Å². The molecule has 0 aromatic rings. The maximum absolute atomic E-state index is 9.37. The number of hydrogen-bond donors (Lipinski definition) is 1. The van der Waals surface area contributed by atoms with E-state index >= 15 is 0 Å². The maximum Gasteiger partial charge on any atom is 0.404 e. The van der Waals surface area contributed by atoms with E-state index in [1.165, 1.54) is 7.11 Å². The molecular weight excluding hydrogens is 94.0 g/mol. The van der Waals surface area contributed by atoms with Gasteiger partial charge in [-0.1, -0.05) is 0 Å². The summed E-state index contributed by atoms with van der Waals surface area (Å²) in [5, 5.41) is 0. The number of rotatable bonds is 0. The topological polar surface area (TPSA) is 52.3 Å². The van der Waals surface area contributed by atoms with Gasteiger partial charge in [0, 0.05) is 0 Å². The van der Waals surface area contributed by atoms with Gasteiger partial charge in [0.15, 0.2) is 0 Å². The van der Waals surface area contributed by atoms with E-state index in [0.717, 1.165) is 0 Å². The third-order valence-electron chi connectivity index (χ3n) is 0.201. The highest BCUT2D eigenvalue weighted by molar-refractivity contribution is 5.64. The lowest BCUT2D eigenvalue weighted by Crippen LogP contribution is -2.08. The zero-order valence-corrected chi connectivity index (χ0v) is 4.31. The summed E-state index contributed by atoms with van der Waals surface area (Å²) < 4.78 is 3.89. The molecule has 0 fully saturated rings. The SMILES string of the molecule is C=C.COC(N)=O. The smallest absolute Gasteiger partial charge is 0.404 e. The molecular formula is C4H9NO2. The van der Waals surface area contributed by atoms with E-state index in [1.807, 2.05) is 0 Å². The fraction of sp³-hybridized carbons (Fsp3) is 0.250. The van der Waals surface area contributed by atoms with E-state index in [1.54, 1.807) is 0 Å². The lowest BCUT2D eigenvalue weighted by atomic mass is 11.3. The van der Waals surface area contributed by atoms with Crippen molar-refractivity contribution in [1.29, 1.82) is 0 Å². The Hall–Kier alpha value is -0.990. The molecule has 7 heavy (non-hydrogen) atoms. The minimum atomic E-state index is -0.745. The van der Waals surface area contributed by atoms with Crippen molar-refractivity contribution >= 4 is 6.09 Å².